The molecule has 0 saturated carbocycles. The highest BCUT2D eigenvalue weighted by atomic mass is 16.5. The maximum atomic E-state index is 13.0. The van der Waals surface area contributed by atoms with E-state index >= 15 is 0 Å². The lowest BCUT2D eigenvalue weighted by Crippen LogP contribution is -2.53. The van der Waals surface area contributed by atoms with Crippen LogP contribution in [0.5, 0.6) is 5.75 Å². The zero-order chi connectivity index (χ0) is 19.6. The van der Waals surface area contributed by atoms with Gasteiger partial charge in [-0.1, -0.05) is 6.92 Å². The number of likely N-dealkylation sites (N-methyl/N-ethyl adjacent to an activating group) is 1. The van der Waals surface area contributed by atoms with Gasteiger partial charge >= 0.3 is 5.97 Å². The highest BCUT2D eigenvalue weighted by Crippen LogP contribution is 2.32. The monoisotopic (exact) mass is 376 g/mol. The Morgan fingerprint density at radius 2 is 2.11 bits per heavy atom. The Morgan fingerprint density at radius 1 is 1.33 bits per heavy atom. The number of aliphatic carboxylic acids is 1. The predicted molar refractivity (Wildman–Crippen MR) is 96.9 cm³/mol. The van der Waals surface area contributed by atoms with Crippen LogP contribution in [0.1, 0.15) is 43.0 Å². The van der Waals surface area contributed by atoms with Gasteiger partial charge in [0.15, 0.2) is 0 Å². The van der Waals surface area contributed by atoms with Gasteiger partial charge in [0.05, 0.1) is 24.1 Å². The van der Waals surface area contributed by atoms with Crippen LogP contribution in [0, 0.1) is 0 Å². The molecule has 2 aliphatic rings. The van der Waals surface area contributed by atoms with Gasteiger partial charge in [0.1, 0.15) is 18.5 Å². The van der Waals surface area contributed by atoms with Gasteiger partial charge in [-0.25, -0.2) is 0 Å². The third-order valence-corrected chi connectivity index (χ3v) is 5.02. The normalized spacial score (nSPS) is 24.7. The van der Waals surface area contributed by atoms with Crippen molar-refractivity contribution in [2.45, 2.75) is 50.9 Å². The quantitative estimate of drug-likeness (QED) is 0.831. The minimum absolute atomic E-state index is 0.0576. The maximum Gasteiger partial charge on any atom is 0.305 e. The third-order valence-electron chi connectivity index (χ3n) is 5.02. The number of carboxylic acids is 1. The van der Waals surface area contributed by atoms with Crippen molar-refractivity contribution in [3.05, 3.63) is 23.8 Å². The molecule has 8 heteroatoms. The number of rotatable bonds is 4. The van der Waals surface area contributed by atoms with Crippen molar-refractivity contribution in [1.29, 1.82) is 0 Å². The average Bonchev–Trinajstić information content (AvgIpc) is 2.64. The summed E-state index contributed by atoms with van der Waals surface area (Å²) in [5, 5.41) is 11.7. The second-order valence-corrected chi connectivity index (χ2v) is 6.88. The Labute approximate surface area is 157 Å². The van der Waals surface area contributed by atoms with Crippen LogP contribution >= 0.6 is 0 Å². The summed E-state index contributed by atoms with van der Waals surface area (Å²) >= 11 is 0. The summed E-state index contributed by atoms with van der Waals surface area (Å²) in [6.45, 7) is 1.98. The molecule has 0 aliphatic carbocycles. The first-order valence-electron chi connectivity index (χ1n) is 9.10. The lowest BCUT2D eigenvalue weighted by Gasteiger charge is -2.42. The fraction of sp³-hybridized carbons (Fsp3) is 0.526. The number of benzene rings is 1. The van der Waals surface area contributed by atoms with Gasteiger partial charge in [0.2, 0.25) is 5.91 Å². The molecular formula is C19H24N2O6. The molecule has 1 aromatic carbocycles. The fourth-order valence-electron chi connectivity index (χ4n) is 3.55. The van der Waals surface area contributed by atoms with Gasteiger partial charge < -0.3 is 24.8 Å². The van der Waals surface area contributed by atoms with E-state index < -0.39 is 5.97 Å². The third kappa shape index (κ3) is 4.21. The van der Waals surface area contributed by atoms with Crippen LogP contribution < -0.4 is 10.1 Å². The second-order valence-electron chi connectivity index (χ2n) is 6.88. The number of hydrogen-bond donors (Lipinski definition) is 2. The highest BCUT2D eigenvalue weighted by molar-refractivity contribution is 5.99. The van der Waals surface area contributed by atoms with Crippen LogP contribution in [0.25, 0.3) is 0 Å². The van der Waals surface area contributed by atoms with Crippen LogP contribution in [0.2, 0.25) is 0 Å². The SMILES string of the molecule is CCC(=O)Nc1ccc2c(c1)C(=O)N(C)[C@H]1CC[C@@H](CC(=O)O)O[C@H]1CO2. The zero-order valence-electron chi connectivity index (χ0n) is 15.4. The van der Waals surface area contributed by atoms with Gasteiger partial charge in [-0.3, -0.25) is 14.4 Å². The summed E-state index contributed by atoms with van der Waals surface area (Å²) in [5.41, 5.74) is 0.932. The molecule has 1 fully saturated rings. The van der Waals surface area contributed by atoms with E-state index in [0.717, 1.165) is 0 Å². The van der Waals surface area contributed by atoms with E-state index in [1.807, 2.05) is 0 Å². The Hall–Kier alpha value is -2.61. The highest BCUT2D eigenvalue weighted by Gasteiger charge is 2.39. The van der Waals surface area contributed by atoms with Crippen LogP contribution in [-0.2, 0) is 14.3 Å². The minimum Gasteiger partial charge on any atom is -0.490 e. The number of nitrogens with zero attached hydrogens (tertiary/aromatic N) is 1. The van der Waals surface area contributed by atoms with Crippen molar-refractivity contribution in [3.63, 3.8) is 0 Å². The van der Waals surface area contributed by atoms with Gasteiger partial charge in [-0.15, -0.1) is 0 Å². The van der Waals surface area contributed by atoms with Crippen LogP contribution in [-0.4, -0.2) is 59.7 Å². The van der Waals surface area contributed by atoms with Crippen LogP contribution in [0.4, 0.5) is 5.69 Å². The summed E-state index contributed by atoms with van der Waals surface area (Å²) in [4.78, 5) is 37.2. The summed E-state index contributed by atoms with van der Waals surface area (Å²) in [5.74, 6) is -0.828. The molecule has 3 atom stereocenters. The lowest BCUT2D eigenvalue weighted by molar-refractivity contribution is -0.148. The summed E-state index contributed by atoms with van der Waals surface area (Å²) in [6, 6.07) is 4.78. The molecule has 0 spiro atoms. The Bertz CT molecular complexity index is 750. The van der Waals surface area contributed by atoms with Crippen molar-refractivity contribution in [3.8, 4) is 5.75 Å². The Morgan fingerprint density at radius 3 is 2.81 bits per heavy atom. The number of carboxylic acid groups (broad SMARTS) is 1. The number of carbonyl (C=O) groups excluding carboxylic acids is 2. The molecular weight excluding hydrogens is 352 g/mol. The molecule has 2 aliphatic heterocycles. The summed E-state index contributed by atoms with van der Waals surface area (Å²) in [7, 11) is 1.72. The smallest absolute Gasteiger partial charge is 0.305 e. The Balaban J connectivity index is 1.82. The number of ether oxygens (including phenoxy) is 2. The first-order valence-corrected chi connectivity index (χ1v) is 9.10. The molecule has 8 nitrogen and oxygen atoms in total. The Kier molecular flexibility index (Phi) is 5.65. The molecule has 2 N–H and O–H groups in total. The maximum absolute atomic E-state index is 13.0. The van der Waals surface area contributed by atoms with Gasteiger partial charge in [-0.2, -0.15) is 0 Å². The molecule has 0 radical (unpaired) electrons. The van der Waals surface area contributed by atoms with E-state index in [9.17, 15) is 14.4 Å². The molecule has 146 valence electrons. The lowest BCUT2D eigenvalue weighted by atomic mass is 9.94. The second kappa shape index (κ2) is 7.96. The zero-order valence-corrected chi connectivity index (χ0v) is 15.4. The van der Waals surface area contributed by atoms with Gasteiger partial charge in [-0.05, 0) is 31.0 Å². The minimum atomic E-state index is -0.901. The van der Waals surface area contributed by atoms with E-state index in [1.54, 1.807) is 37.1 Å². The van der Waals surface area contributed by atoms with Crippen LogP contribution in [0.3, 0.4) is 0 Å². The predicted octanol–water partition coefficient (Wildman–Crippen LogP) is 1.89. The molecule has 2 heterocycles. The molecule has 0 unspecified atom stereocenters. The molecule has 0 bridgehead atoms. The largest absolute Gasteiger partial charge is 0.490 e. The van der Waals surface area contributed by atoms with Crippen molar-refractivity contribution in [2.75, 3.05) is 19.0 Å². The molecule has 2 amide bonds. The first kappa shape index (κ1) is 19.2. The van der Waals surface area contributed by atoms with Crippen molar-refractivity contribution in [1.82, 2.24) is 4.90 Å². The standard InChI is InChI=1S/C19H24N2O6/c1-3-17(22)20-11-4-7-15-13(8-11)19(25)21(2)14-6-5-12(9-18(23)24)27-16(14)10-26-15/h4,7-8,12,14,16H,3,5-6,9-10H2,1-2H3,(H,20,22)(H,23,24)/t12-,14-,16-/m0/s1. The van der Waals surface area contributed by atoms with Crippen molar-refractivity contribution >= 4 is 23.5 Å². The van der Waals surface area contributed by atoms with E-state index in [-0.39, 0.29) is 43.1 Å². The molecule has 27 heavy (non-hydrogen) atoms. The first-order chi connectivity index (χ1) is 12.9. The molecule has 3 rings (SSSR count). The van der Waals surface area contributed by atoms with Crippen molar-refractivity contribution < 1.29 is 29.0 Å². The summed E-state index contributed by atoms with van der Waals surface area (Å²) in [6.07, 6.45) is 0.754. The number of anilines is 1. The number of carbonyl (C=O) groups is 3. The number of hydrogen-bond acceptors (Lipinski definition) is 5. The molecule has 0 aromatic heterocycles. The van der Waals surface area contributed by atoms with Crippen molar-refractivity contribution in [2.24, 2.45) is 0 Å². The number of nitrogens with one attached hydrogen (secondary N) is 1. The fourth-order valence-corrected chi connectivity index (χ4v) is 3.55. The number of fused-ring (bicyclic) bond motifs is 2. The topological polar surface area (TPSA) is 105 Å². The van der Waals surface area contributed by atoms with Gasteiger partial charge in [0.25, 0.3) is 5.91 Å². The summed E-state index contributed by atoms with van der Waals surface area (Å²) < 4.78 is 11.7. The molecule has 1 aromatic rings. The van der Waals surface area contributed by atoms with Gasteiger partial charge in [0, 0.05) is 19.2 Å². The van der Waals surface area contributed by atoms with Crippen LogP contribution in [0.15, 0.2) is 18.2 Å². The molecule has 1 saturated heterocycles. The number of amides is 2. The van der Waals surface area contributed by atoms with E-state index in [0.29, 0.717) is 36.3 Å². The van der Waals surface area contributed by atoms with E-state index in [2.05, 4.69) is 5.32 Å². The average molecular weight is 376 g/mol. The van der Waals surface area contributed by atoms with E-state index in [4.69, 9.17) is 14.6 Å². The van der Waals surface area contributed by atoms with E-state index in [1.165, 1.54) is 0 Å².